The van der Waals surface area contributed by atoms with Crippen LogP contribution in [-0.4, -0.2) is 24.2 Å². The Balaban J connectivity index is 0.00000208. The van der Waals surface area contributed by atoms with Gasteiger partial charge >= 0.3 is 0 Å². The van der Waals surface area contributed by atoms with E-state index in [1.54, 1.807) is 14.2 Å². The quantitative estimate of drug-likeness (QED) is 0.552. The molecule has 0 atom stereocenters. The van der Waals surface area contributed by atoms with Gasteiger partial charge in [0.25, 0.3) is 0 Å². The molecule has 0 aliphatic rings. The molecule has 0 fully saturated rings. The molecule has 1 aromatic heterocycles. The van der Waals surface area contributed by atoms with Crippen LogP contribution in [0.25, 0.3) is 10.9 Å². The van der Waals surface area contributed by atoms with Crippen molar-refractivity contribution in [3.8, 4) is 11.5 Å². The van der Waals surface area contributed by atoms with E-state index in [-0.39, 0.29) is 12.4 Å². The van der Waals surface area contributed by atoms with Crippen LogP contribution in [0.2, 0.25) is 0 Å². The molecular formula is C16H14Br2ClN3O2. The van der Waals surface area contributed by atoms with Crippen molar-refractivity contribution >= 4 is 66.7 Å². The molecule has 3 rings (SSSR count). The van der Waals surface area contributed by atoms with E-state index in [0.717, 1.165) is 25.5 Å². The summed E-state index contributed by atoms with van der Waals surface area (Å²) in [5.41, 5.74) is 1.67. The zero-order valence-corrected chi connectivity index (χ0v) is 16.8. The molecule has 0 aliphatic carbocycles. The van der Waals surface area contributed by atoms with E-state index < -0.39 is 0 Å². The zero-order chi connectivity index (χ0) is 16.4. The van der Waals surface area contributed by atoms with Gasteiger partial charge in [0.1, 0.15) is 12.1 Å². The maximum atomic E-state index is 5.37. The minimum Gasteiger partial charge on any atom is -0.493 e. The third kappa shape index (κ3) is 3.74. The van der Waals surface area contributed by atoms with Crippen molar-refractivity contribution in [3.63, 3.8) is 0 Å². The topological polar surface area (TPSA) is 56.3 Å². The number of aromatic nitrogens is 2. The summed E-state index contributed by atoms with van der Waals surface area (Å²) in [6.45, 7) is 0. The van der Waals surface area contributed by atoms with E-state index in [4.69, 9.17) is 9.47 Å². The Hall–Kier alpha value is -1.57. The van der Waals surface area contributed by atoms with Gasteiger partial charge in [-0.2, -0.15) is 0 Å². The predicted molar refractivity (Wildman–Crippen MR) is 105 cm³/mol. The first-order valence-electron chi connectivity index (χ1n) is 6.71. The highest BCUT2D eigenvalue weighted by molar-refractivity contribution is 9.11. The fourth-order valence-corrected chi connectivity index (χ4v) is 2.91. The number of benzene rings is 2. The summed E-state index contributed by atoms with van der Waals surface area (Å²) in [4.78, 5) is 8.65. The Morgan fingerprint density at radius 1 is 0.958 bits per heavy atom. The van der Waals surface area contributed by atoms with Gasteiger partial charge in [0, 0.05) is 20.4 Å². The van der Waals surface area contributed by atoms with E-state index in [9.17, 15) is 0 Å². The van der Waals surface area contributed by atoms with Crippen LogP contribution in [-0.2, 0) is 0 Å². The molecule has 0 unspecified atom stereocenters. The summed E-state index contributed by atoms with van der Waals surface area (Å²) in [5.74, 6) is 1.95. The van der Waals surface area contributed by atoms with Gasteiger partial charge in [-0.05, 0) is 40.2 Å². The average molecular weight is 476 g/mol. The van der Waals surface area contributed by atoms with Crippen LogP contribution in [0.15, 0.2) is 45.6 Å². The van der Waals surface area contributed by atoms with Gasteiger partial charge in [0.15, 0.2) is 11.5 Å². The largest absolute Gasteiger partial charge is 0.493 e. The van der Waals surface area contributed by atoms with Crippen LogP contribution in [0.4, 0.5) is 11.5 Å². The summed E-state index contributed by atoms with van der Waals surface area (Å²) in [5, 5.41) is 4.16. The molecular weight excluding hydrogens is 461 g/mol. The van der Waals surface area contributed by atoms with Crippen LogP contribution in [0, 0.1) is 0 Å². The highest BCUT2D eigenvalue weighted by Gasteiger charge is 2.12. The Morgan fingerprint density at radius 2 is 1.67 bits per heavy atom. The molecule has 2 aromatic carbocycles. The van der Waals surface area contributed by atoms with Crippen LogP contribution in [0.1, 0.15) is 0 Å². The van der Waals surface area contributed by atoms with Crippen molar-refractivity contribution < 1.29 is 9.47 Å². The number of anilines is 2. The van der Waals surface area contributed by atoms with E-state index in [0.29, 0.717) is 17.3 Å². The number of fused-ring (bicyclic) bond motifs is 1. The monoisotopic (exact) mass is 473 g/mol. The second-order valence-corrected chi connectivity index (χ2v) is 6.47. The van der Waals surface area contributed by atoms with Crippen molar-refractivity contribution in [3.05, 3.63) is 45.6 Å². The van der Waals surface area contributed by atoms with Gasteiger partial charge in [-0.15, -0.1) is 12.4 Å². The molecule has 24 heavy (non-hydrogen) atoms. The standard InChI is InChI=1S/C16H13Br2N3O2.ClH/c1-22-14-6-10-12(7-15(14)23-2)19-8-20-16(10)21-13-5-9(17)3-4-11(13)18;/h3-8H,1-2H3,(H,19,20,21);1H. The van der Waals surface area contributed by atoms with Gasteiger partial charge in [-0.3, -0.25) is 0 Å². The first-order chi connectivity index (χ1) is 11.1. The number of nitrogens with one attached hydrogen (secondary N) is 1. The van der Waals surface area contributed by atoms with Crippen molar-refractivity contribution in [2.45, 2.75) is 0 Å². The van der Waals surface area contributed by atoms with Crippen LogP contribution in [0.5, 0.6) is 11.5 Å². The smallest absolute Gasteiger partial charge is 0.162 e. The van der Waals surface area contributed by atoms with Crippen molar-refractivity contribution in [2.24, 2.45) is 0 Å². The van der Waals surface area contributed by atoms with E-state index in [2.05, 4.69) is 47.1 Å². The molecule has 8 heteroatoms. The first-order valence-corrected chi connectivity index (χ1v) is 8.30. The van der Waals surface area contributed by atoms with Crippen molar-refractivity contribution in [1.29, 1.82) is 0 Å². The van der Waals surface area contributed by atoms with Gasteiger partial charge < -0.3 is 14.8 Å². The lowest BCUT2D eigenvalue weighted by Crippen LogP contribution is -1.98. The molecule has 0 bridgehead atoms. The first kappa shape index (κ1) is 18.8. The normalized spacial score (nSPS) is 10.2. The lowest BCUT2D eigenvalue weighted by Gasteiger charge is -2.13. The molecule has 0 amide bonds. The summed E-state index contributed by atoms with van der Waals surface area (Å²) in [6, 6.07) is 9.58. The Bertz CT molecular complexity index is 877. The molecule has 3 aromatic rings. The molecule has 5 nitrogen and oxygen atoms in total. The number of hydrogen-bond donors (Lipinski definition) is 1. The minimum absolute atomic E-state index is 0. The number of methoxy groups -OCH3 is 2. The average Bonchev–Trinajstić information content (AvgIpc) is 2.57. The van der Waals surface area contributed by atoms with Gasteiger partial charge in [0.05, 0.1) is 25.4 Å². The summed E-state index contributed by atoms with van der Waals surface area (Å²) < 4.78 is 12.6. The fraction of sp³-hybridized carbons (Fsp3) is 0.125. The lowest BCUT2D eigenvalue weighted by atomic mass is 10.2. The molecule has 0 radical (unpaired) electrons. The predicted octanol–water partition coefficient (Wildman–Crippen LogP) is 5.34. The highest BCUT2D eigenvalue weighted by atomic mass is 79.9. The molecule has 0 saturated carbocycles. The van der Waals surface area contributed by atoms with Gasteiger partial charge in [-0.25, -0.2) is 9.97 Å². The number of ether oxygens (including phenoxy) is 2. The SMILES string of the molecule is COc1cc2ncnc(Nc3cc(Br)ccc3Br)c2cc1OC.Cl. The van der Waals surface area contributed by atoms with Crippen molar-refractivity contribution in [2.75, 3.05) is 19.5 Å². The Morgan fingerprint density at radius 3 is 2.38 bits per heavy atom. The van der Waals surface area contributed by atoms with Crippen LogP contribution < -0.4 is 14.8 Å². The van der Waals surface area contributed by atoms with Crippen molar-refractivity contribution in [1.82, 2.24) is 9.97 Å². The van der Waals surface area contributed by atoms with Gasteiger partial charge in [-0.1, -0.05) is 15.9 Å². The molecule has 0 aliphatic heterocycles. The fourth-order valence-electron chi connectivity index (χ4n) is 2.20. The van der Waals surface area contributed by atoms with Gasteiger partial charge in [0.2, 0.25) is 0 Å². The Labute approximate surface area is 162 Å². The third-order valence-corrected chi connectivity index (χ3v) is 4.51. The maximum absolute atomic E-state index is 5.37. The lowest BCUT2D eigenvalue weighted by molar-refractivity contribution is 0.356. The number of halogens is 3. The second-order valence-electron chi connectivity index (χ2n) is 4.70. The Kier molecular flexibility index (Phi) is 6.26. The number of hydrogen-bond acceptors (Lipinski definition) is 5. The number of rotatable bonds is 4. The van der Waals surface area contributed by atoms with E-state index in [1.165, 1.54) is 6.33 Å². The summed E-state index contributed by atoms with van der Waals surface area (Å²) in [6.07, 6.45) is 1.52. The third-order valence-electron chi connectivity index (χ3n) is 3.32. The summed E-state index contributed by atoms with van der Waals surface area (Å²) >= 11 is 7.00. The highest BCUT2D eigenvalue weighted by Crippen LogP contribution is 2.35. The number of nitrogens with zero attached hydrogens (tertiary/aromatic N) is 2. The summed E-state index contributed by atoms with van der Waals surface area (Å²) in [7, 11) is 3.20. The maximum Gasteiger partial charge on any atom is 0.162 e. The second kappa shape index (κ2) is 8.00. The zero-order valence-electron chi connectivity index (χ0n) is 12.8. The van der Waals surface area contributed by atoms with E-state index >= 15 is 0 Å². The molecule has 1 N–H and O–H groups in total. The molecule has 0 saturated heterocycles. The minimum atomic E-state index is 0. The van der Waals surface area contributed by atoms with E-state index in [1.807, 2.05) is 30.3 Å². The molecule has 126 valence electrons. The van der Waals surface area contributed by atoms with Crippen LogP contribution >= 0.6 is 44.3 Å². The van der Waals surface area contributed by atoms with Crippen LogP contribution in [0.3, 0.4) is 0 Å². The molecule has 1 heterocycles. The molecule has 0 spiro atoms.